The molecule has 0 radical (unpaired) electrons. The molecule has 1 aliphatic rings. The molecule has 1 aliphatic heterocycles. The molecule has 1 aromatic heterocycles. The first kappa shape index (κ1) is 13.2. The topological polar surface area (TPSA) is 73.1 Å². The predicted octanol–water partition coefficient (Wildman–Crippen LogP) is 1.26. The van der Waals surface area contributed by atoms with Gasteiger partial charge in [0.05, 0.1) is 6.61 Å². The Labute approximate surface area is 112 Å². The van der Waals surface area contributed by atoms with Gasteiger partial charge in [0.1, 0.15) is 10.7 Å². The Balaban J connectivity index is 2.10. The molecule has 2 unspecified atom stereocenters. The van der Waals surface area contributed by atoms with E-state index in [2.05, 4.69) is 22.2 Å². The van der Waals surface area contributed by atoms with E-state index in [0.29, 0.717) is 22.5 Å². The number of anilines is 1. The molecule has 2 heterocycles. The van der Waals surface area contributed by atoms with E-state index in [0.717, 1.165) is 25.3 Å². The van der Waals surface area contributed by atoms with E-state index in [1.807, 2.05) is 6.92 Å². The Morgan fingerprint density at radius 1 is 1.61 bits per heavy atom. The molecule has 0 aromatic carbocycles. The third-order valence-electron chi connectivity index (χ3n) is 3.14. The van der Waals surface area contributed by atoms with Crippen molar-refractivity contribution in [1.82, 2.24) is 9.97 Å². The van der Waals surface area contributed by atoms with E-state index in [1.54, 1.807) is 6.07 Å². The molecule has 18 heavy (non-hydrogen) atoms. The second kappa shape index (κ2) is 5.58. The van der Waals surface area contributed by atoms with Crippen LogP contribution in [0.5, 0.6) is 0 Å². The maximum atomic E-state index is 5.60. The molecule has 1 fully saturated rings. The van der Waals surface area contributed by atoms with E-state index < -0.39 is 0 Å². The van der Waals surface area contributed by atoms with Crippen LogP contribution in [0.2, 0.25) is 0 Å². The van der Waals surface area contributed by atoms with Crippen molar-refractivity contribution in [2.75, 3.05) is 18.5 Å². The Bertz CT molecular complexity index is 446. The van der Waals surface area contributed by atoms with Crippen molar-refractivity contribution in [3.8, 4) is 0 Å². The number of nitrogens with two attached hydrogens (primary N) is 1. The van der Waals surface area contributed by atoms with Crippen LogP contribution >= 0.6 is 12.2 Å². The van der Waals surface area contributed by atoms with Crippen molar-refractivity contribution < 1.29 is 4.74 Å². The number of rotatable bonds is 4. The highest BCUT2D eigenvalue weighted by molar-refractivity contribution is 7.80. The van der Waals surface area contributed by atoms with Crippen LogP contribution in [0.3, 0.4) is 0 Å². The highest BCUT2D eigenvalue weighted by Crippen LogP contribution is 2.19. The number of aromatic nitrogens is 2. The standard InChI is InChI=1S/C12H18N4OS/c1-7-5-10(11(13)18)16-12(14-7)15-8(2)9-3-4-17-6-9/h5,8-9H,3-4,6H2,1-2H3,(H2,13,18)(H,14,15,16). The van der Waals surface area contributed by atoms with Crippen molar-refractivity contribution in [2.24, 2.45) is 11.7 Å². The molecule has 0 bridgehead atoms. The van der Waals surface area contributed by atoms with Crippen molar-refractivity contribution in [2.45, 2.75) is 26.3 Å². The van der Waals surface area contributed by atoms with E-state index in [1.165, 1.54) is 0 Å². The second-order valence-electron chi connectivity index (χ2n) is 4.64. The third kappa shape index (κ3) is 3.14. The van der Waals surface area contributed by atoms with Gasteiger partial charge in [0.25, 0.3) is 0 Å². The van der Waals surface area contributed by atoms with Crippen LogP contribution in [-0.2, 0) is 4.74 Å². The summed E-state index contributed by atoms with van der Waals surface area (Å²) in [4.78, 5) is 8.96. The summed E-state index contributed by atoms with van der Waals surface area (Å²) < 4.78 is 5.38. The fourth-order valence-electron chi connectivity index (χ4n) is 2.03. The lowest BCUT2D eigenvalue weighted by molar-refractivity contribution is 0.183. The molecule has 6 heteroatoms. The number of nitrogens with one attached hydrogen (secondary N) is 1. The SMILES string of the molecule is Cc1cc(C(N)=S)nc(NC(C)C2CCOC2)n1. The van der Waals surface area contributed by atoms with Crippen LogP contribution in [0.1, 0.15) is 24.7 Å². The molecule has 0 spiro atoms. The van der Waals surface area contributed by atoms with Gasteiger partial charge in [0, 0.05) is 24.3 Å². The van der Waals surface area contributed by atoms with Gasteiger partial charge in [-0.05, 0) is 26.3 Å². The van der Waals surface area contributed by atoms with Gasteiger partial charge in [0.2, 0.25) is 5.95 Å². The van der Waals surface area contributed by atoms with Crippen LogP contribution in [-0.4, -0.2) is 34.2 Å². The number of nitrogens with zero attached hydrogens (tertiary/aromatic N) is 2. The highest BCUT2D eigenvalue weighted by Gasteiger charge is 2.22. The van der Waals surface area contributed by atoms with E-state index in [4.69, 9.17) is 22.7 Å². The number of thiocarbonyl (C=S) groups is 1. The van der Waals surface area contributed by atoms with Gasteiger partial charge in [-0.15, -0.1) is 0 Å². The average Bonchev–Trinajstić information content (AvgIpc) is 2.81. The Hall–Kier alpha value is -1.27. The molecule has 1 saturated heterocycles. The fraction of sp³-hybridized carbons (Fsp3) is 0.583. The number of hydrogen-bond acceptors (Lipinski definition) is 5. The van der Waals surface area contributed by atoms with Gasteiger partial charge in [-0.2, -0.15) is 0 Å². The molecule has 2 atom stereocenters. The van der Waals surface area contributed by atoms with Crippen molar-refractivity contribution in [3.63, 3.8) is 0 Å². The average molecular weight is 266 g/mol. The molecular weight excluding hydrogens is 248 g/mol. The summed E-state index contributed by atoms with van der Waals surface area (Å²) in [6.07, 6.45) is 1.07. The minimum atomic E-state index is 0.272. The molecule has 0 saturated carbocycles. The summed E-state index contributed by atoms with van der Waals surface area (Å²) >= 11 is 4.94. The van der Waals surface area contributed by atoms with Crippen LogP contribution in [0.4, 0.5) is 5.95 Å². The fourth-order valence-corrected chi connectivity index (χ4v) is 2.13. The first-order valence-electron chi connectivity index (χ1n) is 6.06. The largest absolute Gasteiger partial charge is 0.388 e. The summed E-state index contributed by atoms with van der Waals surface area (Å²) in [5.41, 5.74) is 7.06. The monoisotopic (exact) mass is 266 g/mol. The summed E-state index contributed by atoms with van der Waals surface area (Å²) in [6.45, 7) is 5.65. The van der Waals surface area contributed by atoms with Crippen molar-refractivity contribution in [3.05, 3.63) is 17.5 Å². The smallest absolute Gasteiger partial charge is 0.223 e. The zero-order valence-corrected chi connectivity index (χ0v) is 11.5. The minimum Gasteiger partial charge on any atom is -0.388 e. The first-order valence-corrected chi connectivity index (χ1v) is 6.47. The maximum Gasteiger partial charge on any atom is 0.223 e. The van der Waals surface area contributed by atoms with Crippen LogP contribution in [0.15, 0.2) is 6.07 Å². The minimum absolute atomic E-state index is 0.272. The zero-order valence-electron chi connectivity index (χ0n) is 10.6. The van der Waals surface area contributed by atoms with Crippen LogP contribution in [0.25, 0.3) is 0 Å². The van der Waals surface area contributed by atoms with Gasteiger partial charge >= 0.3 is 0 Å². The molecule has 0 aliphatic carbocycles. The molecule has 1 aromatic rings. The van der Waals surface area contributed by atoms with Crippen molar-refractivity contribution >= 4 is 23.2 Å². The zero-order chi connectivity index (χ0) is 13.1. The van der Waals surface area contributed by atoms with Gasteiger partial charge in [-0.1, -0.05) is 12.2 Å². The Morgan fingerprint density at radius 3 is 3.00 bits per heavy atom. The highest BCUT2D eigenvalue weighted by atomic mass is 32.1. The normalized spacial score (nSPS) is 20.7. The van der Waals surface area contributed by atoms with Gasteiger partial charge in [-0.25, -0.2) is 9.97 Å². The summed E-state index contributed by atoms with van der Waals surface area (Å²) in [7, 11) is 0. The summed E-state index contributed by atoms with van der Waals surface area (Å²) in [5, 5.41) is 3.30. The van der Waals surface area contributed by atoms with Gasteiger partial charge < -0.3 is 15.8 Å². The molecule has 5 nitrogen and oxygen atoms in total. The molecule has 98 valence electrons. The van der Waals surface area contributed by atoms with E-state index in [-0.39, 0.29) is 6.04 Å². The molecule has 0 amide bonds. The molecular formula is C12H18N4OS. The summed E-state index contributed by atoms with van der Waals surface area (Å²) in [6, 6.07) is 2.06. The number of hydrogen-bond donors (Lipinski definition) is 2. The lowest BCUT2D eigenvalue weighted by Gasteiger charge is -2.19. The third-order valence-corrected chi connectivity index (χ3v) is 3.34. The predicted molar refractivity (Wildman–Crippen MR) is 74.7 cm³/mol. The lowest BCUT2D eigenvalue weighted by atomic mass is 10.0. The first-order chi connectivity index (χ1) is 8.56. The Kier molecular flexibility index (Phi) is 4.08. The maximum absolute atomic E-state index is 5.60. The quantitative estimate of drug-likeness (QED) is 0.799. The molecule has 3 N–H and O–H groups in total. The van der Waals surface area contributed by atoms with Gasteiger partial charge in [-0.3, -0.25) is 0 Å². The number of ether oxygens (including phenoxy) is 1. The van der Waals surface area contributed by atoms with Crippen molar-refractivity contribution in [1.29, 1.82) is 0 Å². The Morgan fingerprint density at radius 2 is 2.39 bits per heavy atom. The van der Waals surface area contributed by atoms with E-state index in [9.17, 15) is 0 Å². The molecule has 2 rings (SSSR count). The lowest BCUT2D eigenvalue weighted by Crippen LogP contribution is -2.27. The summed E-state index contributed by atoms with van der Waals surface area (Å²) in [5.74, 6) is 1.08. The number of aryl methyl sites for hydroxylation is 1. The second-order valence-corrected chi connectivity index (χ2v) is 5.08. The van der Waals surface area contributed by atoms with Crippen LogP contribution in [0, 0.1) is 12.8 Å². The van der Waals surface area contributed by atoms with E-state index >= 15 is 0 Å². The van der Waals surface area contributed by atoms with Crippen LogP contribution < -0.4 is 11.1 Å². The van der Waals surface area contributed by atoms with Gasteiger partial charge in [0.15, 0.2) is 0 Å².